The van der Waals surface area contributed by atoms with Crippen molar-refractivity contribution in [2.24, 2.45) is 23.7 Å². The second-order valence-electron chi connectivity index (χ2n) is 27.9. The summed E-state index contributed by atoms with van der Waals surface area (Å²) < 4.78 is 68.4. The number of phosphoric acid groups is 2. The molecule has 0 aliphatic heterocycles. The van der Waals surface area contributed by atoms with Crippen molar-refractivity contribution < 1.29 is 80.2 Å². The Bertz CT molecular complexity index is 1800. The van der Waals surface area contributed by atoms with Gasteiger partial charge in [-0.3, -0.25) is 37.3 Å². The highest BCUT2D eigenvalue weighted by Crippen LogP contribution is 2.45. The first-order valence-electron chi connectivity index (χ1n) is 37.2. The maximum Gasteiger partial charge on any atom is 0.472 e. The molecule has 0 aliphatic carbocycles. The van der Waals surface area contributed by atoms with E-state index in [-0.39, 0.29) is 25.7 Å². The number of aliphatic hydroxyl groups excluding tert-OH is 1. The van der Waals surface area contributed by atoms with Gasteiger partial charge >= 0.3 is 39.5 Å². The molecule has 0 heterocycles. The Morgan fingerprint density at radius 2 is 0.462 bits per heavy atom. The van der Waals surface area contributed by atoms with Gasteiger partial charge in [0.25, 0.3) is 0 Å². The highest BCUT2D eigenvalue weighted by Gasteiger charge is 2.30. The van der Waals surface area contributed by atoms with Gasteiger partial charge in [-0.05, 0) is 49.4 Å². The third-order valence-corrected chi connectivity index (χ3v) is 18.5. The van der Waals surface area contributed by atoms with Crippen molar-refractivity contribution in [2.45, 2.75) is 375 Å². The van der Waals surface area contributed by atoms with Gasteiger partial charge in [-0.15, -0.1) is 0 Å². The van der Waals surface area contributed by atoms with Crippen LogP contribution in [-0.2, 0) is 65.4 Å². The molecular weight excluding hydrogens is 1200 g/mol. The fourth-order valence-corrected chi connectivity index (χ4v) is 12.4. The average molecular weight is 1340 g/mol. The summed E-state index contributed by atoms with van der Waals surface area (Å²) in [6.07, 6.45) is 44.5. The lowest BCUT2D eigenvalue weighted by Crippen LogP contribution is -2.30. The molecule has 19 heteroatoms. The van der Waals surface area contributed by atoms with Crippen molar-refractivity contribution in [3.63, 3.8) is 0 Å². The average Bonchev–Trinajstić information content (AvgIpc) is 3.50. The van der Waals surface area contributed by atoms with Crippen molar-refractivity contribution in [3.05, 3.63) is 0 Å². The number of rotatable bonds is 69. The second-order valence-corrected chi connectivity index (χ2v) is 30.8. The zero-order valence-corrected chi connectivity index (χ0v) is 61.3. The Labute approximate surface area is 556 Å². The first-order valence-corrected chi connectivity index (χ1v) is 40.2. The van der Waals surface area contributed by atoms with Crippen LogP contribution < -0.4 is 0 Å². The van der Waals surface area contributed by atoms with Gasteiger partial charge in [-0.1, -0.05) is 306 Å². The van der Waals surface area contributed by atoms with Crippen molar-refractivity contribution >= 4 is 39.5 Å². The third kappa shape index (κ3) is 66.5. The van der Waals surface area contributed by atoms with Gasteiger partial charge in [-0.25, -0.2) is 9.13 Å². The molecule has 0 aromatic heterocycles. The number of aliphatic hydroxyl groups is 1. The van der Waals surface area contributed by atoms with E-state index >= 15 is 0 Å². The molecule has 0 aromatic carbocycles. The van der Waals surface area contributed by atoms with E-state index in [1.807, 2.05) is 0 Å². The van der Waals surface area contributed by atoms with Gasteiger partial charge in [0.1, 0.15) is 19.3 Å². The van der Waals surface area contributed by atoms with Gasteiger partial charge in [0.2, 0.25) is 0 Å². The van der Waals surface area contributed by atoms with E-state index in [1.54, 1.807) is 0 Å². The van der Waals surface area contributed by atoms with Crippen LogP contribution in [0.5, 0.6) is 0 Å². The lowest BCUT2D eigenvalue weighted by molar-refractivity contribution is -0.161. The predicted octanol–water partition coefficient (Wildman–Crippen LogP) is 20.5. The smallest absolute Gasteiger partial charge is 0.462 e. The maximum atomic E-state index is 13.0. The molecule has 0 fully saturated rings. The summed E-state index contributed by atoms with van der Waals surface area (Å²) in [4.78, 5) is 72.6. The lowest BCUT2D eigenvalue weighted by atomic mass is 10.0. The van der Waals surface area contributed by atoms with E-state index in [4.69, 9.17) is 37.0 Å². The summed E-state index contributed by atoms with van der Waals surface area (Å²) in [5.41, 5.74) is 0. The SMILES string of the molecule is CC(C)CCCCCCCCCCCCCCCC(=O)O[C@H](COC(=O)CCCCCCCCCCC(C)C)COP(=O)(O)OCC(O)COP(=O)(O)OC[C@@H](COC(=O)CCCCCCCCCCC(C)C)OC(=O)CCCCCCCCCCCCC(C)C. The molecule has 0 spiro atoms. The summed E-state index contributed by atoms with van der Waals surface area (Å²) in [5, 5.41) is 10.6. The molecule has 0 aliphatic rings. The first kappa shape index (κ1) is 89.1. The van der Waals surface area contributed by atoms with E-state index in [9.17, 15) is 43.2 Å². The van der Waals surface area contributed by atoms with Crippen molar-refractivity contribution in [1.29, 1.82) is 0 Å². The van der Waals surface area contributed by atoms with Crippen LogP contribution in [0.25, 0.3) is 0 Å². The van der Waals surface area contributed by atoms with E-state index in [0.717, 1.165) is 114 Å². The van der Waals surface area contributed by atoms with Crippen LogP contribution in [0.3, 0.4) is 0 Å². The number of hydrogen-bond acceptors (Lipinski definition) is 15. The number of phosphoric ester groups is 2. The molecule has 3 N–H and O–H groups in total. The summed E-state index contributed by atoms with van der Waals surface area (Å²) in [7, 11) is -9.91. The molecule has 91 heavy (non-hydrogen) atoms. The molecule has 540 valence electrons. The van der Waals surface area contributed by atoms with E-state index < -0.39 is 97.5 Å². The molecule has 0 amide bonds. The summed E-state index contributed by atoms with van der Waals surface area (Å²) >= 11 is 0. The van der Waals surface area contributed by atoms with E-state index in [0.29, 0.717) is 25.7 Å². The van der Waals surface area contributed by atoms with Crippen LogP contribution in [-0.4, -0.2) is 96.7 Å². The number of carbonyl (C=O) groups excluding carboxylic acids is 4. The van der Waals surface area contributed by atoms with Crippen molar-refractivity contribution in [1.82, 2.24) is 0 Å². The van der Waals surface area contributed by atoms with Gasteiger partial charge in [0, 0.05) is 25.7 Å². The normalized spacial score (nSPS) is 14.2. The molecule has 5 atom stereocenters. The van der Waals surface area contributed by atoms with Crippen LogP contribution in [0.4, 0.5) is 0 Å². The number of unbranched alkanes of at least 4 members (excludes halogenated alkanes) is 35. The van der Waals surface area contributed by atoms with Crippen LogP contribution in [0.15, 0.2) is 0 Å². The van der Waals surface area contributed by atoms with Crippen LogP contribution in [0.1, 0.15) is 357 Å². The highest BCUT2D eigenvalue weighted by atomic mass is 31.2. The summed E-state index contributed by atoms with van der Waals surface area (Å²) in [6.45, 7) is 14.1. The van der Waals surface area contributed by atoms with Gasteiger partial charge < -0.3 is 33.8 Å². The Hall–Kier alpha value is -1.94. The summed E-state index contributed by atoms with van der Waals surface area (Å²) in [6, 6.07) is 0. The molecule has 0 aromatic rings. The minimum Gasteiger partial charge on any atom is -0.462 e. The molecule has 0 saturated heterocycles. The Morgan fingerprint density at radius 1 is 0.275 bits per heavy atom. The number of ether oxygens (including phenoxy) is 4. The predicted molar refractivity (Wildman–Crippen MR) is 367 cm³/mol. The number of carbonyl (C=O) groups is 4. The molecule has 0 bridgehead atoms. The first-order chi connectivity index (χ1) is 43.6. The molecule has 0 rings (SSSR count). The zero-order valence-electron chi connectivity index (χ0n) is 59.5. The maximum absolute atomic E-state index is 13.0. The van der Waals surface area contributed by atoms with Crippen LogP contribution in [0.2, 0.25) is 0 Å². The summed E-state index contributed by atoms with van der Waals surface area (Å²) in [5.74, 6) is 0.864. The quantitative estimate of drug-likeness (QED) is 0.0222. The minimum absolute atomic E-state index is 0.105. The van der Waals surface area contributed by atoms with Crippen molar-refractivity contribution in [3.8, 4) is 0 Å². The number of esters is 4. The molecule has 0 saturated carbocycles. The fourth-order valence-electron chi connectivity index (χ4n) is 10.8. The minimum atomic E-state index is -4.95. The van der Waals surface area contributed by atoms with E-state index in [1.165, 1.54) is 161 Å². The Morgan fingerprint density at radius 3 is 0.681 bits per heavy atom. The van der Waals surface area contributed by atoms with Gasteiger partial charge in [0.15, 0.2) is 12.2 Å². The van der Waals surface area contributed by atoms with Crippen LogP contribution >= 0.6 is 15.6 Å². The largest absolute Gasteiger partial charge is 0.472 e. The van der Waals surface area contributed by atoms with Gasteiger partial charge in [0.05, 0.1) is 26.4 Å². The fraction of sp³-hybridized carbons (Fsp3) is 0.944. The number of hydrogen-bond donors (Lipinski definition) is 3. The lowest BCUT2D eigenvalue weighted by Gasteiger charge is -2.21. The molecular formula is C72H140O17P2. The third-order valence-electron chi connectivity index (χ3n) is 16.6. The standard InChI is InChI=1S/C72H140O17P2/c1-62(2)48-40-32-24-16-12-10-9-11-13-18-30-38-46-54-71(76)88-67(58-82-69(74)52-44-36-28-22-20-26-34-42-50-64(5)6)60-86-90(78,79)84-56-66(73)57-85-91(80,81)87-61-68(59-83-70(75)53-45-37-29-23-21-27-35-43-51-65(7)8)89-72(77)55-47-39-31-19-15-14-17-25-33-41-49-63(3)4/h62-68,73H,9-61H2,1-8H3,(H,78,79)(H,80,81)/t66?,67-,68-/m1/s1. The van der Waals surface area contributed by atoms with E-state index in [2.05, 4.69) is 55.4 Å². The van der Waals surface area contributed by atoms with Gasteiger partial charge in [-0.2, -0.15) is 0 Å². The van der Waals surface area contributed by atoms with Crippen molar-refractivity contribution in [2.75, 3.05) is 39.6 Å². The second kappa shape index (κ2) is 61.6. The Balaban J connectivity index is 5.26. The molecule has 0 radical (unpaired) electrons. The highest BCUT2D eigenvalue weighted by molar-refractivity contribution is 7.47. The Kier molecular flexibility index (Phi) is 60.3. The van der Waals surface area contributed by atoms with Crippen LogP contribution in [0, 0.1) is 23.7 Å². The zero-order chi connectivity index (χ0) is 67.5. The topological polar surface area (TPSA) is 237 Å². The molecule has 17 nitrogen and oxygen atoms in total. The molecule has 3 unspecified atom stereocenters. The monoisotopic (exact) mass is 1340 g/mol.